The van der Waals surface area contributed by atoms with Gasteiger partial charge in [-0.2, -0.15) is 0 Å². The lowest BCUT2D eigenvalue weighted by Crippen LogP contribution is -2.15. The molecular formula is C18H18Cl2F4O2. The maximum absolute atomic E-state index is 14.2. The van der Waals surface area contributed by atoms with Gasteiger partial charge in [0.15, 0.2) is 23.3 Å². The van der Waals surface area contributed by atoms with Crippen LogP contribution in [0.15, 0.2) is 10.6 Å². The van der Waals surface area contributed by atoms with Crippen molar-refractivity contribution in [1.29, 1.82) is 0 Å². The quantitative estimate of drug-likeness (QED) is 0.345. The first-order valence-electron chi connectivity index (χ1n) is 7.83. The third-order valence-corrected chi connectivity index (χ3v) is 6.14. The fourth-order valence-corrected chi connectivity index (χ4v) is 3.44. The summed E-state index contributed by atoms with van der Waals surface area (Å²) in [5, 5.41) is -0.194. The molecule has 0 atom stereocenters. The van der Waals surface area contributed by atoms with Crippen molar-refractivity contribution in [2.75, 3.05) is 0 Å². The molecule has 2 nitrogen and oxygen atoms in total. The SMILES string of the molecule is CC1(C)C(C(=O)OCc2c(F)c(F)c(CC(Cl)=CCl)c(F)c2F)C1(C)C. The van der Waals surface area contributed by atoms with Crippen LogP contribution < -0.4 is 0 Å². The predicted octanol–water partition coefficient (Wildman–Crippen LogP) is 5.83. The molecule has 0 aromatic heterocycles. The molecule has 0 saturated heterocycles. The van der Waals surface area contributed by atoms with Crippen molar-refractivity contribution < 1.29 is 27.1 Å². The monoisotopic (exact) mass is 412 g/mol. The Kier molecular flexibility index (Phi) is 5.70. The van der Waals surface area contributed by atoms with Crippen LogP contribution in [-0.2, 0) is 22.6 Å². The summed E-state index contributed by atoms with van der Waals surface area (Å²) in [4.78, 5) is 12.2. The summed E-state index contributed by atoms with van der Waals surface area (Å²) in [6.07, 6.45) is -0.610. The standard InChI is InChI=1S/C18H18Cl2F4O2/c1-17(2)15(18(17,3)4)16(25)26-7-10-13(23)11(21)9(5-8(20)6-19)12(22)14(10)24/h6,15H,5,7H2,1-4H3. The second kappa shape index (κ2) is 7.04. The van der Waals surface area contributed by atoms with Crippen molar-refractivity contribution >= 4 is 29.2 Å². The molecule has 0 spiro atoms. The van der Waals surface area contributed by atoms with Crippen LogP contribution in [0, 0.1) is 40.0 Å². The number of allylic oxidation sites excluding steroid dienone is 1. The summed E-state index contributed by atoms with van der Waals surface area (Å²) in [7, 11) is 0. The zero-order valence-corrected chi connectivity index (χ0v) is 16.2. The van der Waals surface area contributed by atoms with Gasteiger partial charge in [0.1, 0.15) is 6.61 Å². The molecule has 1 fully saturated rings. The van der Waals surface area contributed by atoms with Crippen LogP contribution in [0.5, 0.6) is 0 Å². The molecule has 1 saturated carbocycles. The zero-order valence-electron chi connectivity index (χ0n) is 14.7. The van der Waals surface area contributed by atoms with E-state index < -0.39 is 59.3 Å². The molecule has 1 aliphatic carbocycles. The first-order valence-corrected chi connectivity index (χ1v) is 8.64. The third-order valence-electron chi connectivity index (χ3n) is 5.52. The number of hydrogen-bond acceptors (Lipinski definition) is 2. The highest BCUT2D eigenvalue weighted by Crippen LogP contribution is 2.68. The van der Waals surface area contributed by atoms with Crippen molar-refractivity contribution in [3.63, 3.8) is 0 Å². The topological polar surface area (TPSA) is 26.3 Å². The minimum Gasteiger partial charge on any atom is -0.460 e. The Labute approximate surface area is 159 Å². The summed E-state index contributed by atoms with van der Waals surface area (Å²) >= 11 is 10.9. The molecule has 1 aromatic rings. The summed E-state index contributed by atoms with van der Waals surface area (Å²) in [5.41, 5.74) is -1.72. The van der Waals surface area contributed by atoms with Crippen molar-refractivity contribution in [3.05, 3.63) is 45.0 Å². The Morgan fingerprint density at radius 2 is 1.42 bits per heavy atom. The first-order chi connectivity index (χ1) is 11.9. The molecule has 0 aliphatic heterocycles. The molecule has 0 radical (unpaired) electrons. The van der Waals surface area contributed by atoms with Gasteiger partial charge in [-0.15, -0.1) is 0 Å². The average molecular weight is 413 g/mol. The lowest BCUT2D eigenvalue weighted by molar-refractivity contribution is -0.148. The van der Waals surface area contributed by atoms with Gasteiger partial charge in [0.2, 0.25) is 0 Å². The first kappa shape index (κ1) is 21.0. The Balaban J connectivity index is 2.25. The number of ether oxygens (including phenoxy) is 1. The van der Waals surface area contributed by atoms with Crippen LogP contribution >= 0.6 is 23.2 Å². The fourth-order valence-electron chi connectivity index (χ4n) is 3.22. The molecule has 2 rings (SSSR count). The van der Waals surface area contributed by atoms with Crippen LogP contribution in [0.2, 0.25) is 0 Å². The highest BCUT2D eigenvalue weighted by Gasteiger charge is 2.69. The van der Waals surface area contributed by atoms with Crippen LogP contribution in [0.1, 0.15) is 38.8 Å². The zero-order chi connectivity index (χ0) is 20.0. The smallest absolute Gasteiger partial charge is 0.310 e. The Hall–Kier alpha value is -1.27. The molecule has 26 heavy (non-hydrogen) atoms. The van der Waals surface area contributed by atoms with E-state index >= 15 is 0 Å². The summed E-state index contributed by atoms with van der Waals surface area (Å²) in [6.45, 7) is 6.54. The van der Waals surface area contributed by atoms with Gasteiger partial charge < -0.3 is 4.74 Å². The molecular weight excluding hydrogens is 395 g/mol. The summed E-state index contributed by atoms with van der Waals surface area (Å²) < 4.78 is 61.4. The normalized spacial score (nSPS) is 18.8. The third kappa shape index (κ3) is 3.33. The van der Waals surface area contributed by atoms with Crippen molar-refractivity contribution in [2.24, 2.45) is 16.7 Å². The van der Waals surface area contributed by atoms with Crippen LogP contribution in [0.3, 0.4) is 0 Å². The largest absolute Gasteiger partial charge is 0.460 e. The molecule has 8 heteroatoms. The summed E-state index contributed by atoms with van der Waals surface area (Å²) in [5.74, 6) is -7.59. The van der Waals surface area contributed by atoms with E-state index in [1.165, 1.54) is 0 Å². The van der Waals surface area contributed by atoms with Crippen LogP contribution in [0.4, 0.5) is 17.6 Å². The van der Waals surface area contributed by atoms with E-state index in [2.05, 4.69) is 0 Å². The fraction of sp³-hybridized carbons (Fsp3) is 0.500. The van der Waals surface area contributed by atoms with E-state index in [0.29, 0.717) is 0 Å². The predicted molar refractivity (Wildman–Crippen MR) is 90.6 cm³/mol. The molecule has 0 heterocycles. The van der Waals surface area contributed by atoms with Crippen molar-refractivity contribution in [3.8, 4) is 0 Å². The summed E-state index contributed by atoms with van der Waals surface area (Å²) in [6, 6.07) is 0. The molecule has 0 bridgehead atoms. The number of benzene rings is 1. The number of rotatable bonds is 5. The van der Waals surface area contributed by atoms with Crippen molar-refractivity contribution in [1.82, 2.24) is 0 Å². The van der Waals surface area contributed by atoms with Gasteiger partial charge in [0.25, 0.3) is 0 Å². The van der Waals surface area contributed by atoms with Gasteiger partial charge in [0.05, 0.1) is 11.5 Å². The van der Waals surface area contributed by atoms with E-state index in [1.54, 1.807) is 0 Å². The van der Waals surface area contributed by atoms with E-state index in [4.69, 9.17) is 27.9 Å². The molecule has 0 amide bonds. The minimum atomic E-state index is -1.62. The molecule has 144 valence electrons. The number of hydrogen-bond donors (Lipinski definition) is 0. The van der Waals surface area contributed by atoms with E-state index in [0.717, 1.165) is 5.54 Å². The van der Waals surface area contributed by atoms with Gasteiger partial charge in [-0.05, 0) is 10.8 Å². The van der Waals surface area contributed by atoms with Gasteiger partial charge in [-0.25, -0.2) is 17.6 Å². The number of esters is 1. The van der Waals surface area contributed by atoms with E-state index in [-0.39, 0.29) is 15.9 Å². The highest BCUT2D eigenvalue weighted by molar-refractivity contribution is 6.36. The lowest BCUT2D eigenvalue weighted by Gasteiger charge is -2.12. The van der Waals surface area contributed by atoms with Gasteiger partial charge in [-0.3, -0.25) is 4.79 Å². The van der Waals surface area contributed by atoms with Crippen LogP contribution in [0.25, 0.3) is 0 Å². The number of carbonyl (C=O) groups excluding carboxylic acids is 1. The Morgan fingerprint density at radius 3 is 1.81 bits per heavy atom. The lowest BCUT2D eigenvalue weighted by atomic mass is 10.0. The van der Waals surface area contributed by atoms with Gasteiger partial charge in [-0.1, -0.05) is 50.9 Å². The Morgan fingerprint density at radius 1 is 1.00 bits per heavy atom. The second-order valence-corrected chi connectivity index (χ2v) is 8.13. The van der Waals surface area contributed by atoms with E-state index in [9.17, 15) is 22.4 Å². The average Bonchev–Trinajstić information content (AvgIpc) is 2.98. The van der Waals surface area contributed by atoms with Gasteiger partial charge in [0, 0.05) is 22.6 Å². The molecule has 0 unspecified atom stereocenters. The Bertz CT molecular complexity index is 745. The van der Waals surface area contributed by atoms with E-state index in [1.807, 2.05) is 27.7 Å². The molecule has 0 N–H and O–H groups in total. The maximum Gasteiger partial charge on any atom is 0.310 e. The van der Waals surface area contributed by atoms with Crippen molar-refractivity contribution in [2.45, 2.75) is 40.7 Å². The van der Waals surface area contributed by atoms with Gasteiger partial charge >= 0.3 is 5.97 Å². The second-order valence-electron chi connectivity index (χ2n) is 7.43. The highest BCUT2D eigenvalue weighted by atomic mass is 35.5. The van der Waals surface area contributed by atoms with Crippen LogP contribution in [-0.4, -0.2) is 5.97 Å². The molecule has 1 aliphatic rings. The maximum atomic E-state index is 14.2. The minimum absolute atomic E-state index is 0.194. The molecule has 1 aromatic carbocycles. The number of halogens is 6. The number of carbonyl (C=O) groups is 1.